The van der Waals surface area contributed by atoms with Crippen LogP contribution in [0.1, 0.15) is 32.8 Å². The number of alkyl halides is 1. The van der Waals surface area contributed by atoms with Crippen molar-refractivity contribution in [2.24, 2.45) is 16.7 Å². The molecule has 2 aliphatic carbocycles. The molecule has 1 saturated carbocycles. The summed E-state index contributed by atoms with van der Waals surface area (Å²) < 4.78 is 0. The van der Waals surface area contributed by atoms with Crippen molar-refractivity contribution in [3.05, 3.63) is 60.8 Å². The fraction of sp³-hybridized carbons (Fsp3) is 0.429. The van der Waals surface area contributed by atoms with Gasteiger partial charge >= 0.3 is 0 Å². The van der Waals surface area contributed by atoms with Gasteiger partial charge in [-0.3, -0.25) is 4.79 Å². The molecule has 132 valence electrons. The zero-order valence-corrected chi connectivity index (χ0v) is 15.8. The van der Waals surface area contributed by atoms with Gasteiger partial charge in [-0.25, -0.2) is 0 Å². The summed E-state index contributed by atoms with van der Waals surface area (Å²) >= 11 is 6.80. The number of benzene rings is 1. The number of allylic oxidation sites excluding steroid dienone is 1. The Hall–Kier alpha value is -1.58. The van der Waals surface area contributed by atoms with Gasteiger partial charge in [0.25, 0.3) is 0 Å². The second-order valence-electron chi connectivity index (χ2n) is 8.25. The minimum Gasteiger partial charge on any atom is -0.449 e. The van der Waals surface area contributed by atoms with Gasteiger partial charge < -0.3 is 10.6 Å². The Kier molecular flexibility index (Phi) is 3.36. The minimum absolute atomic E-state index is 0.0527. The highest BCUT2D eigenvalue weighted by atomic mass is 35.5. The van der Waals surface area contributed by atoms with Crippen LogP contribution in [0.5, 0.6) is 0 Å². The molecule has 1 spiro atoms. The van der Waals surface area contributed by atoms with Crippen molar-refractivity contribution < 1.29 is 10.1 Å². The highest BCUT2D eigenvalue weighted by molar-refractivity contribution is 6.22. The Balaban J connectivity index is 2.06. The molecule has 0 bridgehead atoms. The third-order valence-corrected chi connectivity index (χ3v) is 7.73. The van der Waals surface area contributed by atoms with E-state index in [9.17, 15) is 4.79 Å². The second kappa shape index (κ2) is 4.99. The van der Waals surface area contributed by atoms with Gasteiger partial charge in [0.05, 0.1) is 16.5 Å². The molecular weight excluding hydrogens is 332 g/mol. The molecule has 3 N–H and O–H groups in total. The predicted molar refractivity (Wildman–Crippen MR) is 101 cm³/mol. The molecule has 1 heterocycles. The number of para-hydroxylation sites is 1. The van der Waals surface area contributed by atoms with Crippen LogP contribution in [-0.4, -0.2) is 11.3 Å². The first-order valence-electron chi connectivity index (χ1n) is 8.83. The van der Waals surface area contributed by atoms with Crippen molar-refractivity contribution in [3.63, 3.8) is 0 Å². The molecule has 1 aromatic rings. The number of anilines is 1. The summed E-state index contributed by atoms with van der Waals surface area (Å²) in [5.41, 5.74) is 3.04. The zero-order chi connectivity index (χ0) is 18.2. The number of hydrogen-bond acceptors (Lipinski definition) is 1. The lowest BCUT2D eigenvalue weighted by atomic mass is 9.37. The Labute approximate surface area is 154 Å². The van der Waals surface area contributed by atoms with E-state index in [1.807, 2.05) is 29.6 Å². The van der Waals surface area contributed by atoms with E-state index < -0.39 is 5.41 Å². The number of quaternary nitrogens is 1. The lowest BCUT2D eigenvalue weighted by molar-refractivity contribution is -0.557. The molecule has 4 atom stereocenters. The van der Waals surface area contributed by atoms with Crippen molar-refractivity contribution in [1.82, 2.24) is 0 Å². The molecule has 25 heavy (non-hydrogen) atoms. The third kappa shape index (κ3) is 1.64. The molecular formula is C21H25ClN2O. The van der Waals surface area contributed by atoms with Crippen LogP contribution in [0, 0.1) is 23.8 Å². The quantitative estimate of drug-likeness (QED) is 0.476. The minimum atomic E-state index is -0.640. The van der Waals surface area contributed by atoms with E-state index in [0.29, 0.717) is 0 Å². The van der Waals surface area contributed by atoms with Gasteiger partial charge in [0.15, 0.2) is 0 Å². The van der Waals surface area contributed by atoms with Gasteiger partial charge in [-0.15, -0.1) is 25.2 Å². The van der Waals surface area contributed by atoms with Crippen molar-refractivity contribution in [1.29, 1.82) is 0 Å². The van der Waals surface area contributed by atoms with Crippen LogP contribution in [0.3, 0.4) is 0 Å². The van der Waals surface area contributed by atoms with Gasteiger partial charge in [-0.2, -0.15) is 0 Å². The number of carbonyl (C=O) groups is 1. The number of nitrogens with one attached hydrogen (secondary N) is 1. The monoisotopic (exact) mass is 356 g/mol. The van der Waals surface area contributed by atoms with Gasteiger partial charge in [0, 0.05) is 11.3 Å². The van der Waals surface area contributed by atoms with Crippen LogP contribution in [-0.2, 0) is 10.2 Å². The zero-order valence-electron chi connectivity index (χ0n) is 15.0. The average molecular weight is 357 g/mol. The van der Waals surface area contributed by atoms with Crippen molar-refractivity contribution >= 4 is 23.2 Å². The van der Waals surface area contributed by atoms with Crippen molar-refractivity contribution in [3.8, 4) is 0 Å². The smallest absolute Gasteiger partial charge is 0.240 e. The number of amides is 1. The molecule has 1 fully saturated rings. The maximum absolute atomic E-state index is 13.3. The van der Waals surface area contributed by atoms with Gasteiger partial charge in [0.2, 0.25) is 5.91 Å². The number of nitrogens with two attached hydrogens (primary N) is 1. The number of carbonyl (C=O) groups excluding carboxylic acids is 1. The van der Waals surface area contributed by atoms with Gasteiger partial charge in [-0.1, -0.05) is 38.1 Å². The first-order chi connectivity index (χ1) is 11.8. The maximum atomic E-state index is 13.3. The normalized spacial score (nSPS) is 38.0. The number of fused-ring (bicyclic) bond motifs is 4. The van der Waals surface area contributed by atoms with E-state index in [0.717, 1.165) is 23.4 Å². The van der Waals surface area contributed by atoms with E-state index in [1.54, 1.807) is 0 Å². The maximum Gasteiger partial charge on any atom is 0.240 e. The van der Waals surface area contributed by atoms with Crippen LogP contribution < -0.4 is 10.6 Å². The molecule has 1 aromatic carbocycles. The first-order valence-corrected chi connectivity index (χ1v) is 9.26. The summed E-state index contributed by atoms with van der Waals surface area (Å²) in [6, 6.07) is 8.04. The SMILES string of the molecule is C=C[C@@]1(C)C([NH2+][CH2-])=C2[C@H](C[C@H]1Cl)C(C)(C)[C@@]21C(=O)Nc2ccccc21. The summed E-state index contributed by atoms with van der Waals surface area (Å²) in [6.45, 7) is 10.5. The van der Waals surface area contributed by atoms with Crippen molar-refractivity contribution in [2.75, 3.05) is 5.32 Å². The van der Waals surface area contributed by atoms with Crippen LogP contribution in [0.25, 0.3) is 0 Å². The fourth-order valence-electron chi connectivity index (χ4n) is 5.60. The number of hydrogen-bond donors (Lipinski definition) is 2. The molecule has 3 aliphatic rings. The number of rotatable bonds is 2. The predicted octanol–water partition coefficient (Wildman–Crippen LogP) is 3.34. The summed E-state index contributed by atoms with van der Waals surface area (Å²) in [5.74, 6) is 0.344. The van der Waals surface area contributed by atoms with Crippen LogP contribution in [0.4, 0.5) is 5.69 Å². The lowest BCUT2D eigenvalue weighted by Crippen LogP contribution is -2.83. The summed E-state index contributed by atoms with van der Waals surface area (Å²) in [4.78, 5) is 13.3. The Morgan fingerprint density at radius 2 is 2.04 bits per heavy atom. The molecule has 1 aliphatic heterocycles. The summed E-state index contributed by atoms with van der Waals surface area (Å²) in [5, 5.41) is 4.95. The Morgan fingerprint density at radius 3 is 2.68 bits per heavy atom. The molecule has 0 saturated heterocycles. The molecule has 3 nitrogen and oxygen atoms in total. The fourth-order valence-corrected chi connectivity index (χ4v) is 5.98. The van der Waals surface area contributed by atoms with Crippen LogP contribution in [0.2, 0.25) is 0 Å². The molecule has 0 unspecified atom stereocenters. The molecule has 4 heteroatoms. The molecule has 0 radical (unpaired) electrons. The lowest BCUT2D eigenvalue weighted by Gasteiger charge is -2.64. The largest absolute Gasteiger partial charge is 0.449 e. The summed E-state index contributed by atoms with van der Waals surface area (Å²) in [7, 11) is 4.07. The van der Waals surface area contributed by atoms with E-state index >= 15 is 0 Å². The Morgan fingerprint density at radius 1 is 1.36 bits per heavy atom. The molecule has 1 amide bonds. The molecule has 0 aromatic heterocycles. The van der Waals surface area contributed by atoms with Gasteiger partial charge in [-0.05, 0) is 36.3 Å². The summed E-state index contributed by atoms with van der Waals surface area (Å²) in [6.07, 6.45) is 2.77. The topological polar surface area (TPSA) is 45.7 Å². The Bertz CT molecular complexity index is 827. The van der Waals surface area contributed by atoms with E-state index in [2.05, 4.69) is 45.8 Å². The van der Waals surface area contributed by atoms with Crippen molar-refractivity contribution in [2.45, 2.75) is 38.0 Å². The van der Waals surface area contributed by atoms with Crippen LogP contribution >= 0.6 is 11.6 Å². The van der Waals surface area contributed by atoms with Gasteiger partial charge in [0.1, 0.15) is 5.41 Å². The third-order valence-electron chi connectivity index (χ3n) is 7.10. The highest BCUT2D eigenvalue weighted by Crippen LogP contribution is 2.72. The van der Waals surface area contributed by atoms with Crippen LogP contribution in [0.15, 0.2) is 48.2 Å². The first kappa shape index (κ1) is 16.9. The average Bonchev–Trinajstić information content (AvgIpc) is 2.91. The second-order valence-corrected chi connectivity index (χ2v) is 8.77. The standard InChI is InChI=1S/C21H25ClN2O/c1-6-20(4)15(22)11-13-16(17(20)23-5)21(19(13,2)3)12-9-7-8-10-14(12)24-18(21)25/h6-10,13,15H,1,5,11,23H2,2-4H3,(H,24,25)/t13-,15+,20+,21+/m0/s1. The molecule has 4 rings (SSSR count). The van der Waals surface area contributed by atoms with E-state index in [1.165, 1.54) is 5.57 Å². The van der Waals surface area contributed by atoms with E-state index in [-0.39, 0.29) is 28.0 Å². The number of halogens is 1. The van der Waals surface area contributed by atoms with E-state index in [4.69, 9.17) is 11.6 Å². The highest BCUT2D eigenvalue weighted by Gasteiger charge is 2.74.